The van der Waals surface area contributed by atoms with E-state index >= 15 is 0 Å². The molecule has 1 fully saturated rings. The Morgan fingerprint density at radius 1 is 1.33 bits per heavy atom. The molecule has 0 aliphatic carbocycles. The minimum absolute atomic E-state index is 0.0831. The number of amides is 1. The average molecular weight is 331 g/mol. The zero-order valence-electron chi connectivity index (χ0n) is 11.9. The first-order valence-electron chi connectivity index (χ1n) is 6.85. The number of nitrogens with one attached hydrogen (secondary N) is 2. The van der Waals surface area contributed by atoms with E-state index in [1.54, 1.807) is 12.1 Å². The Morgan fingerprint density at radius 3 is 2.67 bits per heavy atom. The monoisotopic (exact) mass is 330 g/mol. The minimum atomic E-state index is -2.87. The van der Waals surface area contributed by atoms with Crippen molar-refractivity contribution >= 4 is 33.0 Å². The number of carbonyl (C=O) groups is 1. The van der Waals surface area contributed by atoms with E-state index in [1.165, 1.54) is 0 Å². The summed E-state index contributed by atoms with van der Waals surface area (Å²) >= 11 is 5.90. The van der Waals surface area contributed by atoms with Crippen LogP contribution in [0.3, 0.4) is 0 Å². The summed E-state index contributed by atoms with van der Waals surface area (Å²) < 4.78 is 22.7. The smallest absolute Gasteiger partial charge is 0.238 e. The van der Waals surface area contributed by atoms with Crippen LogP contribution in [0.1, 0.15) is 18.4 Å². The quantitative estimate of drug-likeness (QED) is 0.882. The van der Waals surface area contributed by atoms with E-state index < -0.39 is 9.84 Å². The predicted molar refractivity (Wildman–Crippen MR) is 84.5 cm³/mol. The van der Waals surface area contributed by atoms with Crippen molar-refractivity contribution in [3.8, 4) is 0 Å². The van der Waals surface area contributed by atoms with Gasteiger partial charge >= 0.3 is 0 Å². The zero-order chi connectivity index (χ0) is 15.5. The summed E-state index contributed by atoms with van der Waals surface area (Å²) in [6.07, 6.45) is 1.12. The Bertz CT molecular complexity index is 617. The van der Waals surface area contributed by atoms with Gasteiger partial charge in [0.25, 0.3) is 0 Å². The van der Waals surface area contributed by atoms with Gasteiger partial charge in [-0.1, -0.05) is 17.7 Å². The number of hydrogen-bond acceptors (Lipinski definition) is 4. The second kappa shape index (κ2) is 6.77. The zero-order valence-corrected chi connectivity index (χ0v) is 13.4. The van der Waals surface area contributed by atoms with Crippen LogP contribution in [0.15, 0.2) is 18.2 Å². The molecule has 1 aliphatic rings. The minimum Gasteiger partial charge on any atom is -0.325 e. The lowest BCUT2D eigenvalue weighted by molar-refractivity contribution is -0.115. The van der Waals surface area contributed by atoms with Crippen molar-refractivity contribution in [2.45, 2.75) is 25.8 Å². The highest BCUT2D eigenvalue weighted by Gasteiger charge is 2.23. The lowest BCUT2D eigenvalue weighted by Gasteiger charge is -2.22. The van der Waals surface area contributed by atoms with E-state index in [9.17, 15) is 13.2 Å². The number of sulfone groups is 1. The number of halogens is 1. The number of carbonyl (C=O) groups excluding carboxylic acids is 1. The summed E-state index contributed by atoms with van der Waals surface area (Å²) in [5, 5.41) is 6.48. The number of rotatable bonds is 4. The van der Waals surface area contributed by atoms with Gasteiger partial charge in [-0.25, -0.2) is 8.42 Å². The van der Waals surface area contributed by atoms with Gasteiger partial charge in [0, 0.05) is 16.8 Å². The molecule has 1 aliphatic heterocycles. The van der Waals surface area contributed by atoms with Crippen molar-refractivity contribution in [3.05, 3.63) is 28.8 Å². The van der Waals surface area contributed by atoms with Crippen molar-refractivity contribution in [2.24, 2.45) is 0 Å². The molecule has 0 bridgehead atoms. The molecule has 1 saturated heterocycles. The van der Waals surface area contributed by atoms with Crippen LogP contribution in [0.2, 0.25) is 5.02 Å². The van der Waals surface area contributed by atoms with Gasteiger partial charge in [0.2, 0.25) is 5.91 Å². The molecule has 116 valence electrons. The molecule has 0 saturated carbocycles. The van der Waals surface area contributed by atoms with Gasteiger partial charge in [0.1, 0.15) is 9.84 Å². The molecule has 1 amide bonds. The number of anilines is 1. The van der Waals surface area contributed by atoms with E-state index in [-0.39, 0.29) is 30.0 Å². The highest BCUT2D eigenvalue weighted by molar-refractivity contribution is 7.91. The molecule has 2 rings (SSSR count). The summed E-state index contributed by atoms with van der Waals surface area (Å²) in [7, 11) is -2.87. The maximum Gasteiger partial charge on any atom is 0.238 e. The molecule has 2 N–H and O–H groups in total. The SMILES string of the molecule is Cc1ccc(Cl)cc1NC(=O)CNC1CCS(=O)(=O)CC1. The van der Waals surface area contributed by atoms with Crippen molar-refractivity contribution in [2.75, 3.05) is 23.4 Å². The maximum atomic E-state index is 11.9. The molecule has 0 unspecified atom stereocenters. The Kier molecular flexibility index (Phi) is 5.24. The third kappa shape index (κ3) is 4.98. The first kappa shape index (κ1) is 16.3. The molecule has 5 nitrogen and oxygen atoms in total. The van der Waals surface area contributed by atoms with Crippen LogP contribution in [0, 0.1) is 6.92 Å². The van der Waals surface area contributed by atoms with Crippen LogP contribution in [-0.2, 0) is 14.6 Å². The second-order valence-corrected chi connectivity index (χ2v) is 8.05. The van der Waals surface area contributed by atoms with E-state index in [1.807, 2.05) is 13.0 Å². The highest BCUT2D eigenvalue weighted by Crippen LogP contribution is 2.20. The van der Waals surface area contributed by atoms with Crippen LogP contribution < -0.4 is 10.6 Å². The van der Waals surface area contributed by atoms with Gasteiger partial charge in [-0.15, -0.1) is 0 Å². The van der Waals surface area contributed by atoms with Gasteiger partial charge in [-0.3, -0.25) is 4.79 Å². The van der Waals surface area contributed by atoms with Crippen molar-refractivity contribution < 1.29 is 13.2 Å². The lowest BCUT2D eigenvalue weighted by Crippen LogP contribution is -2.41. The van der Waals surface area contributed by atoms with E-state index in [4.69, 9.17) is 11.6 Å². The number of benzene rings is 1. The van der Waals surface area contributed by atoms with Crippen LogP contribution in [0.25, 0.3) is 0 Å². The van der Waals surface area contributed by atoms with Crippen molar-refractivity contribution in [1.29, 1.82) is 0 Å². The van der Waals surface area contributed by atoms with Gasteiger partial charge in [0.05, 0.1) is 18.1 Å². The standard InChI is InChI=1S/C14H19ClN2O3S/c1-10-2-3-11(15)8-13(10)17-14(18)9-16-12-4-6-21(19,20)7-5-12/h2-3,8,12,16H,4-7,9H2,1H3,(H,17,18). The van der Waals surface area contributed by atoms with Crippen LogP contribution in [0.4, 0.5) is 5.69 Å². The third-order valence-electron chi connectivity index (χ3n) is 3.58. The van der Waals surface area contributed by atoms with Crippen LogP contribution >= 0.6 is 11.6 Å². The molecule has 7 heteroatoms. The highest BCUT2D eigenvalue weighted by atomic mass is 35.5. The van der Waals surface area contributed by atoms with E-state index in [2.05, 4.69) is 10.6 Å². The fraction of sp³-hybridized carbons (Fsp3) is 0.500. The summed E-state index contributed by atoms with van der Waals surface area (Å²) in [6.45, 7) is 2.06. The van der Waals surface area contributed by atoms with Crippen LogP contribution in [0.5, 0.6) is 0 Å². The topological polar surface area (TPSA) is 75.3 Å². The Labute approximate surface area is 130 Å². The summed E-state index contributed by atoms with van der Waals surface area (Å²) in [6, 6.07) is 5.41. The van der Waals surface area contributed by atoms with E-state index in [0.717, 1.165) is 5.56 Å². The third-order valence-corrected chi connectivity index (χ3v) is 5.53. The average Bonchev–Trinajstić information content (AvgIpc) is 2.42. The fourth-order valence-electron chi connectivity index (χ4n) is 2.25. The Hall–Kier alpha value is -1.11. The predicted octanol–water partition coefficient (Wildman–Crippen LogP) is 1.75. The molecular formula is C14H19ClN2O3S. The molecule has 21 heavy (non-hydrogen) atoms. The molecule has 0 radical (unpaired) electrons. The second-order valence-electron chi connectivity index (χ2n) is 5.31. The first-order chi connectivity index (χ1) is 9.85. The number of aryl methyl sites for hydroxylation is 1. The molecule has 0 aromatic heterocycles. The first-order valence-corrected chi connectivity index (χ1v) is 9.05. The van der Waals surface area contributed by atoms with Gasteiger partial charge in [-0.2, -0.15) is 0 Å². The molecule has 1 heterocycles. The van der Waals surface area contributed by atoms with E-state index in [0.29, 0.717) is 23.6 Å². The Balaban J connectivity index is 1.81. The van der Waals surface area contributed by atoms with Crippen molar-refractivity contribution in [1.82, 2.24) is 5.32 Å². The molecule has 0 spiro atoms. The molecule has 1 aromatic rings. The lowest BCUT2D eigenvalue weighted by atomic mass is 10.1. The fourth-order valence-corrected chi connectivity index (χ4v) is 3.92. The van der Waals surface area contributed by atoms with Gasteiger partial charge in [-0.05, 0) is 37.5 Å². The Morgan fingerprint density at radius 2 is 2.00 bits per heavy atom. The van der Waals surface area contributed by atoms with Gasteiger partial charge < -0.3 is 10.6 Å². The summed E-state index contributed by atoms with van der Waals surface area (Å²) in [5.74, 6) is 0.230. The molecule has 0 atom stereocenters. The maximum absolute atomic E-state index is 11.9. The molecular weight excluding hydrogens is 312 g/mol. The summed E-state index contributed by atoms with van der Waals surface area (Å²) in [4.78, 5) is 11.9. The van der Waals surface area contributed by atoms with Gasteiger partial charge in [0.15, 0.2) is 0 Å². The summed E-state index contributed by atoms with van der Waals surface area (Å²) in [5.41, 5.74) is 1.64. The normalized spacial score (nSPS) is 18.4. The molecule has 1 aromatic carbocycles. The van der Waals surface area contributed by atoms with Crippen LogP contribution in [-0.4, -0.2) is 38.4 Å². The number of hydrogen-bond donors (Lipinski definition) is 2. The largest absolute Gasteiger partial charge is 0.325 e. The van der Waals surface area contributed by atoms with Crippen molar-refractivity contribution in [3.63, 3.8) is 0 Å².